The van der Waals surface area contributed by atoms with Crippen LogP contribution in [0.4, 0.5) is 0 Å². The van der Waals surface area contributed by atoms with E-state index in [4.69, 9.17) is 33.4 Å². The summed E-state index contributed by atoms with van der Waals surface area (Å²) in [5, 5.41) is 31.6. The molecule has 17 nitrogen and oxygen atoms in total. The lowest BCUT2D eigenvalue weighted by molar-refractivity contribution is -0.295. The van der Waals surface area contributed by atoms with Gasteiger partial charge in [0.15, 0.2) is 17.9 Å². The minimum atomic E-state index is -1.88. The molecule has 2 saturated heterocycles. The summed E-state index contributed by atoms with van der Waals surface area (Å²) in [7, 11) is 3.74. The van der Waals surface area contributed by atoms with Crippen LogP contribution in [-0.2, 0) is 49.4 Å². The zero-order valence-corrected chi connectivity index (χ0v) is 37.3. The Morgan fingerprint density at radius 2 is 1.87 bits per heavy atom. The molecule has 13 atom stereocenters. The molecule has 0 radical (unpaired) electrons. The first kappa shape index (κ1) is 46.6. The number of carbonyl (C=O) groups excluding carboxylic acids is 3. The van der Waals surface area contributed by atoms with Crippen LogP contribution in [0.1, 0.15) is 87.1 Å². The molecule has 1 amide bonds. The van der Waals surface area contributed by atoms with Gasteiger partial charge in [-0.3, -0.25) is 14.4 Å². The van der Waals surface area contributed by atoms with E-state index in [1.807, 2.05) is 51.9 Å². The third kappa shape index (κ3) is 9.39. The van der Waals surface area contributed by atoms with Gasteiger partial charge in [0.1, 0.15) is 23.7 Å². The van der Waals surface area contributed by atoms with Gasteiger partial charge in [0.25, 0.3) is 0 Å². The molecule has 0 aromatic carbocycles. The first-order valence-electron chi connectivity index (χ1n) is 21.2. The van der Waals surface area contributed by atoms with Gasteiger partial charge in [-0.2, -0.15) is 5.10 Å². The Morgan fingerprint density at radius 1 is 1.13 bits per heavy atom. The molecule has 2 aromatic heterocycles. The molecule has 61 heavy (non-hydrogen) atoms. The topological polar surface area (TPSA) is 205 Å². The van der Waals surface area contributed by atoms with E-state index in [1.54, 1.807) is 50.1 Å². The van der Waals surface area contributed by atoms with Crippen LogP contribution in [0.2, 0.25) is 0 Å². The molecule has 5 aliphatic rings. The van der Waals surface area contributed by atoms with Crippen molar-refractivity contribution in [2.75, 3.05) is 27.3 Å². The molecule has 2 aromatic rings. The highest BCUT2D eigenvalue weighted by molar-refractivity contribution is 6.00. The van der Waals surface area contributed by atoms with E-state index < -0.39 is 83.0 Å². The predicted octanol–water partition coefficient (Wildman–Crippen LogP) is 3.28. The van der Waals surface area contributed by atoms with Crippen LogP contribution in [0.3, 0.4) is 0 Å². The third-order valence-electron chi connectivity index (χ3n) is 12.8. The van der Waals surface area contributed by atoms with E-state index in [0.717, 1.165) is 0 Å². The molecular formula is C44H64N6O11. The first-order chi connectivity index (χ1) is 28.7. The minimum absolute atomic E-state index is 0.0417. The van der Waals surface area contributed by atoms with Crippen molar-refractivity contribution in [3.8, 4) is 5.82 Å². The second-order valence-electron chi connectivity index (χ2n) is 17.9. The van der Waals surface area contributed by atoms with Crippen molar-refractivity contribution in [3.05, 3.63) is 53.6 Å². The molecule has 0 saturated carbocycles. The first-order valence-corrected chi connectivity index (χ1v) is 21.2. The van der Waals surface area contributed by atoms with Gasteiger partial charge in [0, 0.05) is 49.8 Å². The summed E-state index contributed by atoms with van der Waals surface area (Å²) in [5.41, 5.74) is -3.09. The minimum Gasteiger partial charge on any atom is -0.459 e. The van der Waals surface area contributed by atoms with E-state index in [1.165, 1.54) is 20.8 Å². The van der Waals surface area contributed by atoms with Gasteiger partial charge in [-0.25, -0.2) is 14.7 Å². The number of amides is 1. The fraction of sp³-hybridized carbons (Fsp3) is 0.682. The number of pyridine rings is 1. The Morgan fingerprint density at radius 3 is 2.49 bits per heavy atom. The number of aliphatic imine (C=N–C) groups is 1. The molecule has 0 spiro atoms. The number of rotatable bonds is 9. The fourth-order valence-electron chi connectivity index (χ4n) is 9.47. The van der Waals surface area contributed by atoms with Crippen LogP contribution in [-0.4, -0.2) is 140 Å². The number of hydrogen-bond acceptors (Lipinski definition) is 15. The summed E-state index contributed by atoms with van der Waals surface area (Å²) in [6.07, 6.45) is -0.121. The normalized spacial score (nSPS) is 37.7. The van der Waals surface area contributed by atoms with E-state index in [0.29, 0.717) is 29.1 Å². The lowest BCUT2D eigenvalue weighted by Crippen LogP contribution is -2.60. The number of fused-ring (bicyclic) bond motifs is 10. The predicted molar refractivity (Wildman–Crippen MR) is 222 cm³/mol. The lowest BCUT2D eigenvalue weighted by atomic mass is 9.76. The lowest BCUT2D eigenvalue weighted by Gasteiger charge is -2.47. The van der Waals surface area contributed by atoms with Crippen molar-refractivity contribution in [1.29, 1.82) is 0 Å². The Balaban J connectivity index is 1.55. The van der Waals surface area contributed by atoms with Gasteiger partial charge >= 0.3 is 5.97 Å². The van der Waals surface area contributed by atoms with Crippen molar-refractivity contribution in [3.63, 3.8) is 0 Å². The number of likely N-dealkylation sites (N-methyl/N-ethyl adjacent to an activating group) is 1. The fourth-order valence-corrected chi connectivity index (χ4v) is 9.47. The van der Waals surface area contributed by atoms with Crippen LogP contribution >= 0.6 is 0 Å². The van der Waals surface area contributed by atoms with Crippen molar-refractivity contribution < 1.29 is 53.0 Å². The summed E-state index contributed by atoms with van der Waals surface area (Å²) in [6.45, 7) is 14.8. The van der Waals surface area contributed by atoms with Crippen molar-refractivity contribution in [2.45, 2.75) is 148 Å². The average molecular weight is 853 g/mol. The van der Waals surface area contributed by atoms with Crippen molar-refractivity contribution in [2.24, 2.45) is 22.7 Å². The SMILES string of the molecule is CC[C@H]1OC(=O)[C@H](C)C(=O)[C@H](C)[C@@H](O[C@@H]2O[C@H](C)C[C@H](N(C)C)[C@H]2O)[C@@]2(C)CC(C)=C(NC(C)=O)C3(OCc4ccc(-n5cccn5)nc4)N=C(CO[C@H]([C@H]3C)[C@]1(C)O)CO2. The second kappa shape index (κ2) is 18.4. The summed E-state index contributed by atoms with van der Waals surface area (Å²) < 4.78 is 41.3. The van der Waals surface area contributed by atoms with E-state index >= 15 is 0 Å². The van der Waals surface area contributed by atoms with Crippen LogP contribution in [0.15, 0.2) is 53.1 Å². The molecule has 0 aliphatic carbocycles. The van der Waals surface area contributed by atoms with E-state index in [2.05, 4.69) is 15.4 Å². The summed E-state index contributed by atoms with van der Waals surface area (Å²) in [6, 6.07) is 5.14. The number of aromatic nitrogens is 3. The molecule has 7 heterocycles. The summed E-state index contributed by atoms with van der Waals surface area (Å²) >= 11 is 0. The number of nitrogens with one attached hydrogen (secondary N) is 1. The highest BCUT2D eigenvalue weighted by atomic mass is 16.7. The summed E-state index contributed by atoms with van der Waals surface area (Å²) in [4.78, 5) is 53.8. The highest BCUT2D eigenvalue weighted by Crippen LogP contribution is 2.46. The number of nitrogens with zero attached hydrogens (tertiary/aromatic N) is 5. The molecule has 1 unspecified atom stereocenters. The largest absolute Gasteiger partial charge is 0.459 e. The molecule has 3 N–H and O–H groups in total. The van der Waals surface area contributed by atoms with Crippen LogP contribution < -0.4 is 5.32 Å². The maximum absolute atomic E-state index is 14.6. The summed E-state index contributed by atoms with van der Waals surface area (Å²) in [5.74, 6) is -4.31. The van der Waals surface area contributed by atoms with Gasteiger partial charge < -0.3 is 48.9 Å². The number of ketones is 1. The maximum atomic E-state index is 14.6. The Labute approximate surface area is 358 Å². The van der Waals surface area contributed by atoms with Crippen LogP contribution in [0, 0.1) is 17.8 Å². The van der Waals surface area contributed by atoms with E-state index in [-0.39, 0.29) is 50.5 Å². The van der Waals surface area contributed by atoms with Crippen LogP contribution in [0.25, 0.3) is 5.82 Å². The monoisotopic (exact) mass is 852 g/mol. The standard InChI is InChI=1S/C44H64N6O11/c1-12-33-43(9,55)39-28(6)44(58-21-30-14-15-34(45-20-30)50-17-13-16-46-50)37(47-29(7)51)24(2)19-42(8,57-23-31(48-44)22-56-39)38(26(4)35(52)27(5)40(54)60-33)61-41-36(53)32(49(10)11)18-25(3)59-41/h13-17,20,25-28,32-33,36,38-39,41,53,55H,12,18-19,21-23H2,1-11H3,(H,47,51)/t25-,26+,27-,28-,32+,33-,36-,38-,39-,41+,42-,43-,44?/m1/s1. The van der Waals surface area contributed by atoms with Gasteiger partial charge in [0.05, 0.1) is 55.1 Å². The smallest absolute Gasteiger partial charge is 0.316 e. The van der Waals surface area contributed by atoms with Crippen molar-refractivity contribution in [1.82, 2.24) is 25.0 Å². The number of aliphatic hydroxyl groups is 2. The Bertz CT molecular complexity index is 1950. The Hall–Kier alpha value is -3.94. The second-order valence-corrected chi connectivity index (χ2v) is 17.9. The number of carbonyl (C=O) groups is 3. The molecular weight excluding hydrogens is 789 g/mol. The zero-order chi connectivity index (χ0) is 44.6. The molecule has 2 fully saturated rings. The number of ether oxygens (including phenoxy) is 6. The number of Topliss-reactive ketones (excluding diaryl/α,β-unsaturated/α-hetero) is 1. The molecule has 4 bridgehead atoms. The molecule has 336 valence electrons. The van der Waals surface area contributed by atoms with Gasteiger partial charge in [0.2, 0.25) is 11.6 Å². The molecule has 7 rings (SSSR count). The van der Waals surface area contributed by atoms with Crippen LogP contribution in [0.5, 0.6) is 0 Å². The molecule has 5 aliphatic heterocycles. The van der Waals surface area contributed by atoms with Gasteiger partial charge in [-0.1, -0.05) is 26.8 Å². The Kier molecular flexibility index (Phi) is 14.1. The highest BCUT2D eigenvalue weighted by Gasteiger charge is 2.58. The quantitative estimate of drug-likeness (QED) is 0.245. The van der Waals surface area contributed by atoms with Gasteiger partial charge in [-0.05, 0) is 84.8 Å². The third-order valence-corrected chi connectivity index (χ3v) is 12.8. The van der Waals surface area contributed by atoms with Crippen molar-refractivity contribution >= 4 is 23.4 Å². The number of aliphatic hydroxyl groups excluding tert-OH is 1. The average Bonchev–Trinajstić information content (AvgIpc) is 3.72. The zero-order valence-electron chi connectivity index (χ0n) is 37.3. The maximum Gasteiger partial charge on any atom is 0.316 e. The number of esters is 1. The van der Waals surface area contributed by atoms with Gasteiger partial charge in [-0.15, -0.1) is 0 Å². The van der Waals surface area contributed by atoms with E-state index in [9.17, 15) is 24.6 Å². The molecule has 17 heteroatoms. The number of hydrogen-bond donors (Lipinski definition) is 3.